The number of aromatic nitrogens is 2. The lowest BCUT2D eigenvalue weighted by Crippen LogP contribution is -2.11. The van der Waals surface area contributed by atoms with Crippen LogP contribution in [-0.4, -0.2) is 23.2 Å². The molecule has 0 fully saturated rings. The first kappa shape index (κ1) is 11.1. The summed E-state index contributed by atoms with van der Waals surface area (Å²) in [4.78, 5) is 8.35. The summed E-state index contributed by atoms with van der Waals surface area (Å²) in [6.45, 7) is 6.94. The summed E-state index contributed by atoms with van der Waals surface area (Å²) in [6, 6.07) is 0. The highest BCUT2D eigenvalue weighted by Gasteiger charge is 2.12. The number of nitrogens with zero attached hydrogens (tertiary/aromatic N) is 2. The van der Waals surface area contributed by atoms with Gasteiger partial charge >= 0.3 is 0 Å². The van der Waals surface area contributed by atoms with E-state index in [1.54, 1.807) is 12.4 Å². The Hall–Kier alpha value is -1.00. The maximum atomic E-state index is 5.38. The van der Waals surface area contributed by atoms with Crippen LogP contribution in [0.25, 0.3) is 0 Å². The van der Waals surface area contributed by atoms with Gasteiger partial charge < -0.3 is 9.47 Å². The van der Waals surface area contributed by atoms with Gasteiger partial charge in [0, 0.05) is 19.4 Å². The summed E-state index contributed by atoms with van der Waals surface area (Å²) in [7, 11) is 0. The predicted molar refractivity (Wildman–Crippen MR) is 52.8 cm³/mol. The molecule has 0 saturated heterocycles. The van der Waals surface area contributed by atoms with Gasteiger partial charge in [0.25, 0.3) is 0 Å². The van der Waals surface area contributed by atoms with Gasteiger partial charge in [-0.1, -0.05) is 0 Å². The van der Waals surface area contributed by atoms with Gasteiger partial charge in [0.2, 0.25) is 6.29 Å². The van der Waals surface area contributed by atoms with E-state index in [1.807, 2.05) is 20.8 Å². The third-order valence-electron chi connectivity index (χ3n) is 1.68. The molecule has 0 aliphatic carbocycles. The van der Waals surface area contributed by atoms with Crippen LogP contribution in [0.2, 0.25) is 0 Å². The highest BCUT2D eigenvalue weighted by Crippen LogP contribution is 2.15. The van der Waals surface area contributed by atoms with Gasteiger partial charge in [-0.3, -0.25) is 9.97 Å². The summed E-state index contributed by atoms with van der Waals surface area (Å²) in [5, 5.41) is 0. The van der Waals surface area contributed by atoms with E-state index in [4.69, 9.17) is 9.47 Å². The van der Waals surface area contributed by atoms with E-state index in [2.05, 4.69) is 9.97 Å². The zero-order valence-electron chi connectivity index (χ0n) is 8.86. The van der Waals surface area contributed by atoms with Gasteiger partial charge in [-0.25, -0.2) is 0 Å². The molecule has 1 aromatic rings. The van der Waals surface area contributed by atoms with E-state index in [0.29, 0.717) is 13.2 Å². The average Bonchev–Trinajstić information content (AvgIpc) is 2.19. The second-order valence-electron chi connectivity index (χ2n) is 2.83. The van der Waals surface area contributed by atoms with Crippen LogP contribution < -0.4 is 0 Å². The largest absolute Gasteiger partial charge is 0.347 e. The minimum absolute atomic E-state index is 0.391. The third-order valence-corrected chi connectivity index (χ3v) is 1.68. The summed E-state index contributed by atoms with van der Waals surface area (Å²) in [6.07, 6.45) is 3.00. The predicted octanol–water partition coefficient (Wildman–Crippen LogP) is 1.86. The Balaban J connectivity index is 2.71. The first-order valence-electron chi connectivity index (χ1n) is 4.79. The van der Waals surface area contributed by atoms with Crippen LogP contribution >= 0.6 is 0 Å². The van der Waals surface area contributed by atoms with Crippen LogP contribution in [0.15, 0.2) is 12.4 Å². The van der Waals surface area contributed by atoms with Gasteiger partial charge in [0.15, 0.2) is 0 Å². The van der Waals surface area contributed by atoms with E-state index < -0.39 is 6.29 Å². The molecule has 0 unspecified atom stereocenters. The van der Waals surface area contributed by atoms with Crippen molar-refractivity contribution in [2.45, 2.75) is 27.1 Å². The molecule has 78 valence electrons. The Labute approximate surface area is 84.3 Å². The van der Waals surface area contributed by atoms with Crippen LogP contribution in [0.4, 0.5) is 0 Å². The number of aryl methyl sites for hydroxylation is 1. The van der Waals surface area contributed by atoms with Crippen molar-refractivity contribution in [3.63, 3.8) is 0 Å². The first-order valence-corrected chi connectivity index (χ1v) is 4.79. The van der Waals surface area contributed by atoms with Crippen molar-refractivity contribution in [2.75, 3.05) is 13.2 Å². The van der Waals surface area contributed by atoms with E-state index in [0.717, 1.165) is 11.4 Å². The molecule has 0 aliphatic rings. The molecule has 0 aliphatic heterocycles. The fourth-order valence-corrected chi connectivity index (χ4v) is 1.05. The van der Waals surface area contributed by atoms with Gasteiger partial charge in [-0.05, 0) is 20.8 Å². The quantitative estimate of drug-likeness (QED) is 0.674. The molecule has 1 aromatic heterocycles. The zero-order valence-corrected chi connectivity index (χ0v) is 8.86. The van der Waals surface area contributed by atoms with Crippen molar-refractivity contribution in [1.82, 2.24) is 9.97 Å². The standard InChI is InChI=1S/C10H16N2O2/c1-4-13-10(14-5-2)9-7-11-8(3)6-12-9/h6-7,10H,4-5H2,1-3H3. The minimum atomic E-state index is -0.391. The fourth-order valence-electron chi connectivity index (χ4n) is 1.05. The topological polar surface area (TPSA) is 44.2 Å². The van der Waals surface area contributed by atoms with Crippen molar-refractivity contribution >= 4 is 0 Å². The fraction of sp³-hybridized carbons (Fsp3) is 0.600. The van der Waals surface area contributed by atoms with Crippen molar-refractivity contribution < 1.29 is 9.47 Å². The Morgan fingerprint density at radius 1 is 1.14 bits per heavy atom. The Morgan fingerprint density at radius 3 is 2.21 bits per heavy atom. The first-order chi connectivity index (χ1) is 6.77. The SMILES string of the molecule is CCOC(OCC)c1cnc(C)cn1. The Kier molecular flexibility index (Phi) is 4.49. The molecule has 0 saturated carbocycles. The van der Waals surface area contributed by atoms with Gasteiger partial charge in [-0.2, -0.15) is 0 Å². The normalized spacial score (nSPS) is 10.9. The summed E-state index contributed by atoms with van der Waals surface area (Å²) in [5.74, 6) is 0. The number of rotatable bonds is 5. The second kappa shape index (κ2) is 5.67. The number of hydrogen-bond acceptors (Lipinski definition) is 4. The van der Waals surface area contributed by atoms with Crippen molar-refractivity contribution in [3.8, 4) is 0 Å². The minimum Gasteiger partial charge on any atom is -0.347 e. The Bertz CT molecular complexity index is 255. The number of ether oxygens (including phenoxy) is 2. The molecule has 1 heterocycles. The van der Waals surface area contributed by atoms with Crippen molar-refractivity contribution in [1.29, 1.82) is 0 Å². The molecular weight excluding hydrogens is 180 g/mol. The summed E-state index contributed by atoms with van der Waals surface area (Å²) >= 11 is 0. The summed E-state index contributed by atoms with van der Waals surface area (Å²) < 4.78 is 10.8. The molecule has 4 nitrogen and oxygen atoms in total. The molecule has 0 radical (unpaired) electrons. The molecule has 14 heavy (non-hydrogen) atoms. The molecule has 0 aromatic carbocycles. The van der Waals surface area contributed by atoms with Gasteiger partial charge in [0.05, 0.1) is 11.9 Å². The van der Waals surface area contributed by atoms with Crippen LogP contribution in [0.3, 0.4) is 0 Å². The zero-order chi connectivity index (χ0) is 10.4. The summed E-state index contributed by atoms with van der Waals surface area (Å²) in [5.41, 5.74) is 1.61. The van der Waals surface area contributed by atoms with Crippen LogP contribution in [0.5, 0.6) is 0 Å². The molecule has 4 heteroatoms. The van der Waals surface area contributed by atoms with Crippen molar-refractivity contribution in [3.05, 3.63) is 23.8 Å². The maximum Gasteiger partial charge on any atom is 0.202 e. The monoisotopic (exact) mass is 196 g/mol. The highest BCUT2D eigenvalue weighted by atomic mass is 16.7. The second-order valence-corrected chi connectivity index (χ2v) is 2.83. The maximum absolute atomic E-state index is 5.38. The third kappa shape index (κ3) is 3.05. The molecule has 1 rings (SSSR count). The molecule has 0 atom stereocenters. The van der Waals surface area contributed by atoms with Crippen LogP contribution in [-0.2, 0) is 9.47 Å². The Morgan fingerprint density at radius 2 is 1.79 bits per heavy atom. The van der Waals surface area contributed by atoms with E-state index in [9.17, 15) is 0 Å². The van der Waals surface area contributed by atoms with Crippen LogP contribution in [0.1, 0.15) is 31.5 Å². The van der Waals surface area contributed by atoms with Gasteiger partial charge in [-0.15, -0.1) is 0 Å². The van der Waals surface area contributed by atoms with E-state index >= 15 is 0 Å². The lowest BCUT2D eigenvalue weighted by atomic mass is 10.4. The van der Waals surface area contributed by atoms with E-state index in [-0.39, 0.29) is 0 Å². The van der Waals surface area contributed by atoms with Crippen LogP contribution in [0, 0.1) is 6.92 Å². The highest BCUT2D eigenvalue weighted by molar-refractivity contribution is 5.01. The molecule has 0 spiro atoms. The smallest absolute Gasteiger partial charge is 0.202 e. The molecule has 0 bridgehead atoms. The lowest BCUT2D eigenvalue weighted by molar-refractivity contribution is -0.142. The number of hydrogen-bond donors (Lipinski definition) is 0. The van der Waals surface area contributed by atoms with E-state index in [1.165, 1.54) is 0 Å². The molecule has 0 amide bonds. The average molecular weight is 196 g/mol. The van der Waals surface area contributed by atoms with Gasteiger partial charge in [0.1, 0.15) is 5.69 Å². The lowest BCUT2D eigenvalue weighted by Gasteiger charge is -2.15. The molecule has 0 N–H and O–H groups in total. The molecular formula is C10H16N2O2. The van der Waals surface area contributed by atoms with Crippen molar-refractivity contribution in [2.24, 2.45) is 0 Å².